The van der Waals surface area contributed by atoms with Crippen molar-refractivity contribution in [3.05, 3.63) is 77.9 Å². The molecule has 4 saturated carbocycles. The summed E-state index contributed by atoms with van der Waals surface area (Å²) in [6.07, 6.45) is 3.61. The highest BCUT2D eigenvalue weighted by Crippen LogP contribution is 2.75. The first-order chi connectivity index (χ1) is 14.9. The molecule has 4 fully saturated rings. The Kier molecular flexibility index (Phi) is 3.10. The molecule has 4 bridgehead atoms. The van der Waals surface area contributed by atoms with Gasteiger partial charge in [0, 0.05) is 17.4 Å². The minimum Gasteiger partial charge on any atom is -0.489 e. The number of rotatable bonds is 3. The van der Waals surface area contributed by atoms with Crippen LogP contribution in [0.25, 0.3) is 10.8 Å². The van der Waals surface area contributed by atoms with Crippen molar-refractivity contribution in [3.8, 4) is 5.75 Å². The van der Waals surface area contributed by atoms with Crippen molar-refractivity contribution >= 4 is 10.8 Å². The molecule has 5 aliphatic rings. The Balaban J connectivity index is 1.25. The first-order valence-corrected chi connectivity index (χ1v) is 11.7. The van der Waals surface area contributed by atoms with Crippen molar-refractivity contribution in [1.29, 1.82) is 0 Å². The zero-order valence-corrected chi connectivity index (χ0v) is 17.0. The van der Waals surface area contributed by atoms with Crippen molar-refractivity contribution < 1.29 is 9.47 Å². The molecule has 0 amide bonds. The van der Waals surface area contributed by atoms with Crippen LogP contribution in [0.4, 0.5) is 0 Å². The Hall–Kier alpha value is -2.32. The van der Waals surface area contributed by atoms with Gasteiger partial charge in [-0.3, -0.25) is 0 Å². The van der Waals surface area contributed by atoms with Gasteiger partial charge < -0.3 is 9.47 Å². The Morgan fingerprint density at radius 3 is 2.50 bits per heavy atom. The second kappa shape index (κ2) is 5.68. The summed E-state index contributed by atoms with van der Waals surface area (Å²) in [5.41, 5.74) is 2.79. The van der Waals surface area contributed by atoms with Gasteiger partial charge in [0.05, 0.1) is 12.7 Å². The van der Waals surface area contributed by atoms with Gasteiger partial charge in [-0.25, -0.2) is 0 Å². The second-order valence-electron chi connectivity index (χ2n) is 10.4. The topological polar surface area (TPSA) is 18.5 Å². The summed E-state index contributed by atoms with van der Waals surface area (Å²) in [4.78, 5) is 0. The molecule has 0 radical (unpaired) electrons. The molecule has 4 aliphatic carbocycles. The van der Waals surface area contributed by atoms with Crippen LogP contribution in [0.15, 0.2) is 66.7 Å². The van der Waals surface area contributed by atoms with Crippen LogP contribution in [0.1, 0.15) is 29.9 Å². The van der Waals surface area contributed by atoms with Crippen LogP contribution in [-0.2, 0) is 11.3 Å². The molecule has 1 heterocycles. The van der Waals surface area contributed by atoms with E-state index in [1.807, 2.05) is 0 Å². The van der Waals surface area contributed by atoms with Crippen molar-refractivity contribution in [1.82, 2.24) is 0 Å². The third-order valence-corrected chi connectivity index (χ3v) is 9.40. The number of hydrogen-bond acceptors (Lipinski definition) is 2. The maximum Gasteiger partial charge on any atom is 0.124 e. The Morgan fingerprint density at radius 1 is 0.800 bits per heavy atom. The number of hydrogen-bond donors (Lipinski definition) is 0. The molecule has 2 heteroatoms. The van der Waals surface area contributed by atoms with Gasteiger partial charge in [-0.15, -0.1) is 0 Å². The quantitative estimate of drug-likeness (QED) is 0.559. The summed E-state index contributed by atoms with van der Waals surface area (Å²) < 4.78 is 13.6. The van der Waals surface area contributed by atoms with Gasteiger partial charge in [0.25, 0.3) is 0 Å². The highest BCUT2D eigenvalue weighted by Gasteiger charge is 2.73. The summed E-state index contributed by atoms with van der Waals surface area (Å²) in [5.74, 6) is 6.23. The van der Waals surface area contributed by atoms with Crippen molar-refractivity contribution in [2.75, 3.05) is 0 Å². The molecule has 2 nitrogen and oxygen atoms in total. The maximum absolute atomic E-state index is 6.81. The highest BCUT2D eigenvalue weighted by molar-refractivity contribution is 5.89. The summed E-state index contributed by atoms with van der Waals surface area (Å²) >= 11 is 0. The average molecular weight is 395 g/mol. The fourth-order valence-electron chi connectivity index (χ4n) is 8.69. The van der Waals surface area contributed by atoms with Crippen LogP contribution in [-0.4, -0.2) is 12.2 Å². The number of fused-ring (bicyclic) bond motifs is 11. The molecule has 1 aliphatic heterocycles. The maximum atomic E-state index is 6.81. The van der Waals surface area contributed by atoms with Gasteiger partial charge in [-0.2, -0.15) is 0 Å². The van der Waals surface area contributed by atoms with Crippen LogP contribution in [0, 0.1) is 35.5 Å². The summed E-state index contributed by atoms with van der Waals surface area (Å²) in [6, 6.07) is 24.1. The summed E-state index contributed by atoms with van der Waals surface area (Å²) in [7, 11) is 0. The van der Waals surface area contributed by atoms with E-state index in [4.69, 9.17) is 9.47 Å². The minimum atomic E-state index is 0.375. The van der Waals surface area contributed by atoms with Gasteiger partial charge in [-0.05, 0) is 64.8 Å². The lowest BCUT2D eigenvalue weighted by Crippen LogP contribution is -2.47. The van der Waals surface area contributed by atoms with Gasteiger partial charge in [0.1, 0.15) is 11.9 Å². The highest BCUT2D eigenvalue weighted by atomic mass is 16.5. The van der Waals surface area contributed by atoms with Crippen LogP contribution in [0.2, 0.25) is 0 Å². The van der Waals surface area contributed by atoms with Gasteiger partial charge in [0.15, 0.2) is 0 Å². The molecule has 150 valence electrons. The third kappa shape index (κ3) is 1.90. The van der Waals surface area contributed by atoms with Crippen LogP contribution in [0.5, 0.6) is 5.75 Å². The van der Waals surface area contributed by atoms with E-state index >= 15 is 0 Å². The minimum absolute atomic E-state index is 0.375. The Labute approximate surface area is 177 Å². The molecule has 0 N–H and O–H groups in total. The fraction of sp³-hybridized carbons (Fsp3) is 0.429. The first-order valence-electron chi connectivity index (χ1n) is 11.7. The predicted molar refractivity (Wildman–Crippen MR) is 116 cm³/mol. The Bertz CT molecular complexity index is 1150. The van der Waals surface area contributed by atoms with Gasteiger partial charge in [-0.1, -0.05) is 60.7 Å². The standard InChI is InChI=1S/C28H26O2/c1-2-6-15(7-3-1)14-29-27-24-19-12-17-13-20(19)25(27)26-23-18-9-5-4-8-16(18)10-11-21(23)30-28(26)22(17)24/h1-11,17,19-20,22,24-28H,12-14H2/t17-,19+,20-,22+,24-,25+,26-,27-,28+/m0/s1. The lowest BCUT2D eigenvalue weighted by atomic mass is 9.67. The number of benzene rings is 3. The second-order valence-corrected chi connectivity index (χ2v) is 10.4. The smallest absolute Gasteiger partial charge is 0.124 e. The molecular weight excluding hydrogens is 368 g/mol. The van der Waals surface area contributed by atoms with Crippen LogP contribution in [0.3, 0.4) is 0 Å². The molecule has 0 spiro atoms. The van der Waals surface area contributed by atoms with E-state index in [1.54, 1.807) is 0 Å². The molecule has 0 aromatic heterocycles. The Morgan fingerprint density at radius 2 is 1.60 bits per heavy atom. The van der Waals surface area contributed by atoms with Crippen molar-refractivity contribution in [2.45, 2.75) is 37.6 Å². The van der Waals surface area contributed by atoms with E-state index in [1.165, 1.54) is 34.7 Å². The SMILES string of the molecule is c1ccc(CO[C@H]2[C@H]3[C@@H]4C[C@H]5C[C@@H]4[C@@H]2[C@@H]2c4c(ccc6ccccc46)O[C@@H]2[C@H]53)cc1. The normalized spacial score (nSPS) is 41.3. The predicted octanol–water partition coefficient (Wildman–Crippen LogP) is 5.80. The van der Waals surface area contributed by atoms with Crippen LogP contribution >= 0.6 is 0 Å². The first kappa shape index (κ1) is 16.4. The van der Waals surface area contributed by atoms with Gasteiger partial charge in [0.2, 0.25) is 0 Å². The third-order valence-electron chi connectivity index (χ3n) is 9.40. The van der Waals surface area contributed by atoms with E-state index in [0.29, 0.717) is 35.9 Å². The van der Waals surface area contributed by atoms with E-state index in [2.05, 4.69) is 66.7 Å². The lowest BCUT2D eigenvalue weighted by molar-refractivity contribution is -0.0842. The van der Waals surface area contributed by atoms with Crippen LogP contribution < -0.4 is 4.74 Å². The molecule has 3 aromatic rings. The zero-order chi connectivity index (χ0) is 19.4. The van der Waals surface area contributed by atoms with E-state index in [-0.39, 0.29) is 0 Å². The fourth-order valence-corrected chi connectivity index (χ4v) is 8.69. The molecule has 0 unspecified atom stereocenters. The van der Waals surface area contributed by atoms with E-state index < -0.39 is 0 Å². The summed E-state index contributed by atoms with van der Waals surface area (Å²) in [5, 5.41) is 2.75. The molecule has 30 heavy (non-hydrogen) atoms. The van der Waals surface area contributed by atoms with Gasteiger partial charge >= 0.3 is 0 Å². The molecule has 8 rings (SSSR count). The summed E-state index contributed by atoms with van der Waals surface area (Å²) in [6.45, 7) is 0.746. The zero-order valence-electron chi connectivity index (χ0n) is 17.0. The van der Waals surface area contributed by atoms with E-state index in [0.717, 1.165) is 30.1 Å². The largest absolute Gasteiger partial charge is 0.489 e. The number of ether oxygens (including phenoxy) is 2. The monoisotopic (exact) mass is 394 g/mol. The molecule has 9 atom stereocenters. The van der Waals surface area contributed by atoms with Crippen molar-refractivity contribution in [3.63, 3.8) is 0 Å². The molecular formula is C28H26O2. The molecule has 0 saturated heterocycles. The van der Waals surface area contributed by atoms with E-state index in [9.17, 15) is 0 Å². The molecule has 3 aromatic carbocycles. The lowest BCUT2D eigenvalue weighted by Gasteiger charge is -2.42. The average Bonchev–Trinajstić information content (AvgIpc) is 3.49. The van der Waals surface area contributed by atoms with Crippen molar-refractivity contribution in [2.24, 2.45) is 35.5 Å².